The maximum absolute atomic E-state index is 6.14. The van der Waals surface area contributed by atoms with Gasteiger partial charge in [-0.25, -0.2) is 4.98 Å². The largest absolute Gasteiger partial charge is 0.326 e. The van der Waals surface area contributed by atoms with Gasteiger partial charge in [0, 0.05) is 6.54 Å². The van der Waals surface area contributed by atoms with Crippen molar-refractivity contribution in [1.82, 2.24) is 9.55 Å². The molecule has 108 valence electrons. The number of para-hydroxylation sites is 1. The number of aryl methyl sites for hydroxylation is 1. The number of nitrogens with zero attached hydrogens (tertiary/aromatic N) is 2. The Labute approximate surface area is 126 Å². The Kier molecular flexibility index (Phi) is 3.76. The third-order valence-corrected chi connectivity index (χ3v) is 5.02. The van der Waals surface area contributed by atoms with Crippen LogP contribution in [0, 0.1) is 12.3 Å². The van der Waals surface area contributed by atoms with Gasteiger partial charge < -0.3 is 4.57 Å². The molecule has 1 aromatic heterocycles. The fourth-order valence-corrected chi connectivity index (χ4v) is 3.76. The first-order chi connectivity index (χ1) is 9.63. The normalized spacial score (nSPS) is 18.6. The molecule has 0 bridgehead atoms. The molecule has 0 saturated heterocycles. The van der Waals surface area contributed by atoms with Crippen molar-refractivity contribution < 1.29 is 0 Å². The topological polar surface area (TPSA) is 17.8 Å². The number of aromatic nitrogens is 2. The Balaban J connectivity index is 2.03. The Morgan fingerprint density at radius 3 is 2.70 bits per heavy atom. The van der Waals surface area contributed by atoms with Crippen LogP contribution in [0.5, 0.6) is 0 Å². The van der Waals surface area contributed by atoms with Crippen LogP contribution in [0.25, 0.3) is 11.0 Å². The average Bonchev–Trinajstić information content (AvgIpc) is 2.79. The van der Waals surface area contributed by atoms with E-state index in [0.717, 1.165) is 17.9 Å². The van der Waals surface area contributed by atoms with E-state index in [9.17, 15) is 0 Å². The molecule has 0 amide bonds. The molecule has 1 aliphatic rings. The van der Waals surface area contributed by atoms with E-state index >= 15 is 0 Å². The number of halogens is 1. The molecule has 0 N–H and O–H groups in total. The zero-order chi connectivity index (χ0) is 14.2. The molecule has 2 aromatic rings. The number of rotatable bonds is 3. The molecule has 0 atom stereocenters. The minimum absolute atomic E-state index is 0.399. The van der Waals surface area contributed by atoms with Crippen molar-refractivity contribution in [3.05, 3.63) is 29.6 Å². The summed E-state index contributed by atoms with van der Waals surface area (Å²) in [5.74, 6) is 1.51. The molecule has 0 radical (unpaired) electrons. The van der Waals surface area contributed by atoms with Crippen LogP contribution >= 0.6 is 11.6 Å². The van der Waals surface area contributed by atoms with Gasteiger partial charge in [0.25, 0.3) is 0 Å². The third kappa shape index (κ3) is 2.46. The molecule has 1 fully saturated rings. The van der Waals surface area contributed by atoms with Crippen LogP contribution in [-0.2, 0) is 12.4 Å². The Bertz CT molecular complexity index is 609. The van der Waals surface area contributed by atoms with Crippen LogP contribution in [-0.4, -0.2) is 9.55 Å². The van der Waals surface area contributed by atoms with Gasteiger partial charge in [0.1, 0.15) is 5.82 Å². The molecular weight excluding hydrogens is 268 g/mol. The van der Waals surface area contributed by atoms with E-state index < -0.39 is 0 Å². The van der Waals surface area contributed by atoms with Crippen molar-refractivity contribution in [2.75, 3.05) is 0 Å². The van der Waals surface area contributed by atoms with Gasteiger partial charge in [0.05, 0.1) is 16.9 Å². The van der Waals surface area contributed by atoms with Crippen molar-refractivity contribution >= 4 is 22.6 Å². The molecule has 1 aromatic carbocycles. The summed E-state index contributed by atoms with van der Waals surface area (Å²) in [4.78, 5) is 4.76. The molecule has 3 heteroatoms. The summed E-state index contributed by atoms with van der Waals surface area (Å²) >= 11 is 6.14. The van der Waals surface area contributed by atoms with Crippen molar-refractivity contribution in [2.24, 2.45) is 5.41 Å². The lowest BCUT2D eigenvalue weighted by Crippen LogP contribution is -2.26. The minimum atomic E-state index is 0.399. The van der Waals surface area contributed by atoms with Crippen molar-refractivity contribution in [2.45, 2.75) is 58.4 Å². The van der Waals surface area contributed by atoms with Crippen LogP contribution in [0.15, 0.2) is 18.2 Å². The molecule has 2 nitrogen and oxygen atoms in total. The van der Waals surface area contributed by atoms with Crippen molar-refractivity contribution in [1.29, 1.82) is 0 Å². The Morgan fingerprint density at radius 2 is 2.00 bits per heavy atom. The fourth-order valence-electron chi connectivity index (χ4n) is 3.56. The summed E-state index contributed by atoms with van der Waals surface area (Å²) in [6, 6.07) is 6.43. The smallest absolute Gasteiger partial charge is 0.124 e. The number of imidazole rings is 1. The number of hydrogen-bond donors (Lipinski definition) is 0. The van der Waals surface area contributed by atoms with Crippen LogP contribution in [0.4, 0.5) is 0 Å². The second-order valence-corrected chi connectivity index (χ2v) is 6.83. The third-order valence-electron chi connectivity index (χ3n) is 4.78. The summed E-state index contributed by atoms with van der Waals surface area (Å²) in [7, 11) is 0. The second-order valence-electron chi connectivity index (χ2n) is 6.56. The number of hydrogen-bond acceptors (Lipinski definition) is 1. The Morgan fingerprint density at radius 1 is 1.25 bits per heavy atom. The van der Waals surface area contributed by atoms with Crippen LogP contribution in [0.1, 0.15) is 50.4 Å². The standard InChI is InChI=1S/C17H23ClN2/c1-13-7-6-8-14-16(13)19-15(11-18)20(14)12-17(2)9-4-3-5-10-17/h6-8H,3-5,9-12H2,1-2H3. The molecule has 3 rings (SSSR count). The maximum atomic E-state index is 6.14. The highest BCUT2D eigenvalue weighted by atomic mass is 35.5. The first-order valence-electron chi connectivity index (χ1n) is 7.64. The van der Waals surface area contributed by atoms with E-state index in [1.54, 1.807) is 0 Å². The lowest BCUT2D eigenvalue weighted by atomic mass is 9.75. The van der Waals surface area contributed by atoms with Crippen LogP contribution in [0.3, 0.4) is 0 Å². The van der Waals surface area contributed by atoms with E-state index in [0.29, 0.717) is 11.3 Å². The molecular formula is C17H23ClN2. The van der Waals surface area contributed by atoms with Gasteiger partial charge in [-0.3, -0.25) is 0 Å². The van der Waals surface area contributed by atoms with Crippen LogP contribution < -0.4 is 0 Å². The lowest BCUT2D eigenvalue weighted by molar-refractivity contribution is 0.184. The highest BCUT2D eigenvalue weighted by Crippen LogP contribution is 2.38. The molecule has 20 heavy (non-hydrogen) atoms. The minimum Gasteiger partial charge on any atom is -0.326 e. The SMILES string of the molecule is Cc1cccc2c1nc(CCl)n2CC1(C)CCCCC1. The number of benzene rings is 1. The highest BCUT2D eigenvalue weighted by Gasteiger charge is 2.28. The van der Waals surface area contributed by atoms with Gasteiger partial charge in [-0.1, -0.05) is 38.3 Å². The summed E-state index contributed by atoms with van der Waals surface area (Å²) in [5.41, 5.74) is 3.99. The molecule has 0 unspecified atom stereocenters. The number of alkyl halides is 1. The average molecular weight is 291 g/mol. The van der Waals surface area contributed by atoms with E-state index in [1.165, 1.54) is 43.2 Å². The van der Waals surface area contributed by atoms with E-state index in [2.05, 4.69) is 36.6 Å². The van der Waals surface area contributed by atoms with Gasteiger partial charge in [0.2, 0.25) is 0 Å². The first-order valence-corrected chi connectivity index (χ1v) is 8.17. The van der Waals surface area contributed by atoms with Gasteiger partial charge in [-0.05, 0) is 36.8 Å². The van der Waals surface area contributed by atoms with Gasteiger partial charge in [-0.15, -0.1) is 11.6 Å². The van der Waals surface area contributed by atoms with Gasteiger partial charge in [0.15, 0.2) is 0 Å². The van der Waals surface area contributed by atoms with E-state index in [1.807, 2.05) is 0 Å². The monoisotopic (exact) mass is 290 g/mol. The predicted molar refractivity (Wildman–Crippen MR) is 85.2 cm³/mol. The number of fused-ring (bicyclic) bond motifs is 1. The first kappa shape index (κ1) is 13.9. The molecule has 0 aliphatic heterocycles. The summed E-state index contributed by atoms with van der Waals surface area (Å²) < 4.78 is 2.36. The van der Waals surface area contributed by atoms with E-state index in [4.69, 9.17) is 16.6 Å². The van der Waals surface area contributed by atoms with Crippen molar-refractivity contribution in [3.8, 4) is 0 Å². The van der Waals surface area contributed by atoms with E-state index in [-0.39, 0.29) is 0 Å². The summed E-state index contributed by atoms with van der Waals surface area (Å²) in [5, 5.41) is 0. The van der Waals surface area contributed by atoms with Gasteiger partial charge >= 0.3 is 0 Å². The molecule has 0 spiro atoms. The maximum Gasteiger partial charge on any atom is 0.124 e. The highest BCUT2D eigenvalue weighted by molar-refractivity contribution is 6.16. The van der Waals surface area contributed by atoms with Crippen molar-refractivity contribution in [3.63, 3.8) is 0 Å². The Hall–Kier alpha value is -1.02. The molecule has 1 aliphatic carbocycles. The summed E-state index contributed by atoms with van der Waals surface area (Å²) in [6.07, 6.45) is 6.75. The molecule has 1 heterocycles. The quantitative estimate of drug-likeness (QED) is 0.723. The van der Waals surface area contributed by atoms with Gasteiger partial charge in [-0.2, -0.15) is 0 Å². The summed E-state index contributed by atoms with van der Waals surface area (Å²) in [6.45, 7) is 5.60. The lowest BCUT2D eigenvalue weighted by Gasteiger charge is -2.34. The second kappa shape index (κ2) is 5.40. The predicted octanol–water partition coefficient (Wildman–Crippen LogP) is 5.05. The van der Waals surface area contributed by atoms with Crippen LogP contribution in [0.2, 0.25) is 0 Å². The molecule has 1 saturated carbocycles. The fraction of sp³-hybridized carbons (Fsp3) is 0.588. The zero-order valence-electron chi connectivity index (χ0n) is 12.5. The zero-order valence-corrected chi connectivity index (χ0v) is 13.2.